The molecule has 0 amide bonds. The van der Waals surface area contributed by atoms with Gasteiger partial charge in [-0.05, 0) is 203 Å². The molecule has 3 aliphatic carbocycles. The van der Waals surface area contributed by atoms with E-state index < -0.39 is 8.07 Å². The average molecular weight is 1060 g/mol. The summed E-state index contributed by atoms with van der Waals surface area (Å²) < 4.78 is 7.79. The first-order valence-electron chi connectivity index (χ1n) is 30.0. The van der Waals surface area contributed by atoms with Crippen molar-refractivity contribution in [2.45, 2.75) is 161 Å². The minimum absolute atomic E-state index is 0.000356. The number of nitrogens with zero attached hydrogens (tertiary/aromatic N) is 2. The average Bonchev–Trinajstić information content (AvgIpc) is 3.88. The molecule has 0 spiro atoms. The van der Waals surface area contributed by atoms with E-state index in [0.717, 1.165) is 43.3 Å². The fourth-order valence-electron chi connectivity index (χ4n) is 15.9. The van der Waals surface area contributed by atoms with Gasteiger partial charge in [0.2, 0.25) is 0 Å². The molecule has 0 bridgehead atoms. The number of anilines is 6. The lowest BCUT2D eigenvalue weighted by atomic mass is 9.35. The van der Waals surface area contributed by atoms with Gasteiger partial charge in [-0.3, -0.25) is 0 Å². The third-order valence-corrected chi connectivity index (χ3v) is 25.8. The van der Waals surface area contributed by atoms with E-state index in [-0.39, 0.29) is 39.2 Å². The Morgan fingerprint density at radius 2 is 0.800 bits per heavy atom. The fraction of sp³-hybridized carbons (Fsp3) is 0.333. The Labute approximate surface area is 478 Å². The van der Waals surface area contributed by atoms with Crippen LogP contribution >= 0.6 is 0 Å². The molecule has 0 unspecified atom stereocenters. The van der Waals surface area contributed by atoms with Gasteiger partial charge in [0.05, 0.1) is 11.3 Å². The molecule has 1 aromatic heterocycles. The van der Waals surface area contributed by atoms with Crippen LogP contribution in [0.2, 0.25) is 0 Å². The monoisotopic (exact) mass is 1060 g/mol. The van der Waals surface area contributed by atoms with Crippen LogP contribution < -0.4 is 47.1 Å². The smallest absolute Gasteiger partial charge is 0.297 e. The second-order valence-electron chi connectivity index (χ2n) is 28.9. The van der Waals surface area contributed by atoms with Crippen LogP contribution in [0.15, 0.2) is 174 Å². The Morgan fingerprint density at radius 1 is 0.388 bits per heavy atom. The lowest BCUT2D eigenvalue weighted by Crippen LogP contribution is -2.74. The summed E-state index contributed by atoms with van der Waals surface area (Å²) in [5.41, 5.74) is 22.2. The van der Waals surface area contributed by atoms with E-state index in [1.54, 1.807) is 0 Å². The van der Waals surface area contributed by atoms with E-state index in [9.17, 15) is 0 Å². The van der Waals surface area contributed by atoms with Gasteiger partial charge in [-0.2, -0.15) is 0 Å². The van der Waals surface area contributed by atoms with Crippen molar-refractivity contribution in [2.24, 2.45) is 0 Å². The summed E-state index contributed by atoms with van der Waals surface area (Å²) in [5, 5.41) is 6.72. The first-order chi connectivity index (χ1) is 38.0. The zero-order valence-electron chi connectivity index (χ0n) is 49.8. The lowest BCUT2D eigenvalue weighted by molar-refractivity contribution is 0.332. The molecule has 9 aromatic rings. The van der Waals surface area contributed by atoms with Crippen LogP contribution in [0.1, 0.15) is 161 Å². The van der Waals surface area contributed by atoms with Crippen molar-refractivity contribution >= 4 is 97.2 Å². The van der Waals surface area contributed by atoms with Crippen LogP contribution in [0.25, 0.3) is 11.0 Å². The number of benzene rings is 8. The Balaban J connectivity index is 1.07. The largest absolute Gasteiger partial charge is 0.468 e. The van der Waals surface area contributed by atoms with Gasteiger partial charge in [0.15, 0.2) is 8.07 Å². The molecular weight excluding hydrogens is 984 g/mol. The van der Waals surface area contributed by atoms with Crippen LogP contribution in [0.5, 0.6) is 0 Å². The molecule has 0 atom stereocenters. The molecule has 5 aliphatic rings. The Bertz CT molecular complexity index is 3880. The predicted octanol–water partition coefficient (Wildman–Crippen LogP) is 15.2. The van der Waals surface area contributed by atoms with Crippen molar-refractivity contribution in [2.75, 3.05) is 9.80 Å². The standard InChI is InChI=1S/C75H79BN2OSi/c1-48-41-64-67-65(42-48)78(50-31-34-56-57(43-50)71(4,5)36-35-70(56,2)3)68-55-44-58-61(75(12,13)40-37-72(58,6)7)47-66(55)79-69(68)76(67)62-45-59-60(74(10,11)39-38-73(59,8)9)46-63(62)77(64)49-29-32-54(33-30-49)80(51-23-17-14-18-24-51,52-25-19-15-20-26-52)53-27-21-16-22-28-53/h14-34,41-47H,35-40H2,1-13H3. The normalized spacial score (nSPS) is 19.3. The van der Waals surface area contributed by atoms with Crippen LogP contribution in [-0.4, -0.2) is 14.8 Å². The maximum Gasteiger partial charge on any atom is 0.297 e. The fourth-order valence-corrected chi connectivity index (χ4v) is 20.7. The number of aryl methyl sites for hydroxylation is 1. The van der Waals surface area contributed by atoms with Crippen LogP contribution in [0, 0.1) is 6.92 Å². The number of fused-ring (bicyclic) bond motifs is 9. The maximum atomic E-state index is 7.79. The molecule has 8 aromatic carbocycles. The number of hydrogen-bond donors (Lipinski definition) is 0. The van der Waals surface area contributed by atoms with E-state index in [0.29, 0.717) is 0 Å². The highest BCUT2D eigenvalue weighted by Gasteiger charge is 2.51. The highest BCUT2D eigenvalue weighted by Crippen LogP contribution is 2.55. The number of furan rings is 1. The Hall–Kier alpha value is -6.82. The van der Waals surface area contributed by atoms with E-state index >= 15 is 0 Å². The SMILES string of the molecule is Cc1cc2c3c(c1)N(c1ccc4c(c1)C(C)(C)CCC4(C)C)c1c(oc4cc5c(cc14)C(C)(C)CCC5(C)C)B3c1cc3c(cc1N2c1ccc([Si](c2ccccc2)(c2ccccc2)c2ccccc2)cc1)C(C)(C)CCC3(C)C. The van der Waals surface area contributed by atoms with Gasteiger partial charge in [0.1, 0.15) is 5.58 Å². The van der Waals surface area contributed by atoms with Crippen molar-refractivity contribution in [3.8, 4) is 0 Å². The molecule has 0 radical (unpaired) electrons. The Kier molecular flexibility index (Phi) is 11.1. The summed E-state index contributed by atoms with van der Waals surface area (Å²) in [6.45, 7) is 31.8. The predicted molar refractivity (Wildman–Crippen MR) is 344 cm³/mol. The highest BCUT2D eigenvalue weighted by atomic mass is 28.3. The van der Waals surface area contributed by atoms with E-state index in [1.165, 1.54) is 117 Å². The van der Waals surface area contributed by atoms with E-state index in [4.69, 9.17) is 4.42 Å². The van der Waals surface area contributed by atoms with Crippen LogP contribution in [0.3, 0.4) is 0 Å². The summed E-state index contributed by atoms with van der Waals surface area (Å²) in [4.78, 5) is 5.32. The number of hydrogen-bond acceptors (Lipinski definition) is 3. The zero-order valence-corrected chi connectivity index (χ0v) is 50.8. The molecule has 5 heteroatoms. The lowest BCUT2D eigenvalue weighted by Gasteiger charge is -2.47. The minimum atomic E-state index is -2.79. The van der Waals surface area contributed by atoms with E-state index in [2.05, 4.69) is 270 Å². The van der Waals surface area contributed by atoms with Gasteiger partial charge in [0.25, 0.3) is 6.71 Å². The molecule has 0 saturated carbocycles. The van der Waals surface area contributed by atoms with E-state index in [1.807, 2.05) is 0 Å². The zero-order chi connectivity index (χ0) is 55.7. The van der Waals surface area contributed by atoms with Crippen molar-refractivity contribution in [1.82, 2.24) is 0 Å². The third-order valence-electron chi connectivity index (χ3n) is 21.0. The highest BCUT2D eigenvalue weighted by molar-refractivity contribution is 7.19. The molecule has 0 N–H and O–H groups in total. The molecular formula is C75H79BN2OSi. The van der Waals surface area contributed by atoms with Gasteiger partial charge in [-0.15, -0.1) is 0 Å². The Morgan fingerprint density at radius 3 is 1.31 bits per heavy atom. The minimum Gasteiger partial charge on any atom is -0.468 e. The molecule has 80 heavy (non-hydrogen) atoms. The van der Waals surface area contributed by atoms with Crippen molar-refractivity contribution in [3.63, 3.8) is 0 Å². The van der Waals surface area contributed by atoms with Crippen molar-refractivity contribution in [1.29, 1.82) is 0 Å². The first kappa shape index (κ1) is 51.3. The van der Waals surface area contributed by atoms with Crippen molar-refractivity contribution < 1.29 is 4.42 Å². The van der Waals surface area contributed by atoms with Gasteiger partial charge >= 0.3 is 0 Å². The summed E-state index contributed by atoms with van der Waals surface area (Å²) in [6.07, 6.45) is 6.93. The molecule has 3 heterocycles. The van der Waals surface area contributed by atoms with Gasteiger partial charge < -0.3 is 14.2 Å². The molecule has 14 rings (SSSR count). The summed E-state index contributed by atoms with van der Waals surface area (Å²) in [6, 6.07) is 66.7. The van der Waals surface area contributed by atoms with Crippen LogP contribution in [-0.2, 0) is 32.5 Å². The first-order valence-corrected chi connectivity index (χ1v) is 32.0. The second-order valence-corrected chi connectivity index (χ2v) is 32.7. The molecule has 3 nitrogen and oxygen atoms in total. The molecule has 0 fully saturated rings. The molecule has 0 saturated heterocycles. The van der Waals surface area contributed by atoms with Gasteiger partial charge in [0, 0.05) is 33.8 Å². The number of rotatable bonds is 6. The topological polar surface area (TPSA) is 19.6 Å². The summed E-state index contributed by atoms with van der Waals surface area (Å²) in [5.74, 6) is 0. The molecule has 402 valence electrons. The third kappa shape index (κ3) is 7.43. The second kappa shape index (κ2) is 17.4. The van der Waals surface area contributed by atoms with Gasteiger partial charge in [-0.25, -0.2) is 0 Å². The summed E-state index contributed by atoms with van der Waals surface area (Å²) in [7, 11) is -2.79. The molecule has 2 aliphatic heterocycles. The van der Waals surface area contributed by atoms with Crippen molar-refractivity contribution in [3.05, 3.63) is 209 Å². The van der Waals surface area contributed by atoms with Gasteiger partial charge in [-0.1, -0.05) is 198 Å². The maximum absolute atomic E-state index is 7.79. The van der Waals surface area contributed by atoms with Crippen LogP contribution in [0.4, 0.5) is 34.1 Å². The quantitative estimate of drug-likeness (QED) is 0.122. The summed E-state index contributed by atoms with van der Waals surface area (Å²) >= 11 is 0.